The number of hydrogen-bond donors (Lipinski definition) is 1. The minimum Gasteiger partial charge on any atom is -0.343 e. The highest BCUT2D eigenvalue weighted by atomic mass is 19.2. The number of hydrogen-bond acceptors (Lipinski definition) is 1. The zero-order valence-electron chi connectivity index (χ0n) is 12.7. The largest absolute Gasteiger partial charge is 0.343 e. The van der Waals surface area contributed by atoms with Crippen molar-refractivity contribution in [1.82, 2.24) is 9.88 Å². The molecule has 124 valence electrons. The van der Waals surface area contributed by atoms with E-state index in [2.05, 4.69) is 9.88 Å². The summed E-state index contributed by atoms with van der Waals surface area (Å²) in [6, 6.07) is 7.26. The molecule has 1 N–H and O–H groups in total. The highest BCUT2D eigenvalue weighted by Gasteiger charge is 2.21. The second-order valence-corrected chi connectivity index (χ2v) is 5.90. The molecule has 6 heteroatoms. The van der Waals surface area contributed by atoms with Crippen LogP contribution in [0.2, 0.25) is 0 Å². The number of nitrogens with zero attached hydrogens (tertiary/aromatic N) is 1. The third-order valence-corrected chi connectivity index (χ3v) is 4.46. The van der Waals surface area contributed by atoms with E-state index in [1.807, 2.05) is 6.07 Å². The van der Waals surface area contributed by atoms with Gasteiger partial charge in [0, 0.05) is 48.7 Å². The molecule has 0 unspecified atom stereocenters. The molecule has 1 aliphatic heterocycles. The molecular formula is C18H14F4N2. The van der Waals surface area contributed by atoms with Gasteiger partial charge in [-0.3, -0.25) is 0 Å². The average molecular weight is 334 g/mol. The van der Waals surface area contributed by atoms with Gasteiger partial charge in [-0.25, -0.2) is 17.6 Å². The van der Waals surface area contributed by atoms with Crippen LogP contribution >= 0.6 is 0 Å². The first-order chi connectivity index (χ1) is 11.6. The van der Waals surface area contributed by atoms with Gasteiger partial charge < -0.3 is 9.88 Å². The summed E-state index contributed by atoms with van der Waals surface area (Å²) in [5.41, 5.74) is 1.74. The highest BCUT2D eigenvalue weighted by Crippen LogP contribution is 2.32. The average Bonchev–Trinajstić information content (AvgIpc) is 2.73. The molecule has 0 atom stereocenters. The van der Waals surface area contributed by atoms with Crippen molar-refractivity contribution in [1.29, 1.82) is 0 Å². The van der Waals surface area contributed by atoms with Crippen LogP contribution < -0.4 is 5.32 Å². The van der Waals surface area contributed by atoms with Crippen LogP contribution in [0.5, 0.6) is 0 Å². The molecule has 2 heterocycles. The molecule has 2 nitrogen and oxygen atoms in total. The van der Waals surface area contributed by atoms with Crippen LogP contribution in [0.3, 0.4) is 0 Å². The number of nitrogens with one attached hydrogen (secondary N) is 1. The Kier molecular flexibility index (Phi) is 3.57. The monoisotopic (exact) mass is 334 g/mol. The molecule has 0 radical (unpaired) electrons. The zero-order valence-corrected chi connectivity index (χ0v) is 12.7. The van der Waals surface area contributed by atoms with Gasteiger partial charge in [-0.05, 0) is 23.8 Å². The summed E-state index contributed by atoms with van der Waals surface area (Å²) in [5.74, 6) is -5.81. The van der Waals surface area contributed by atoms with E-state index in [1.54, 1.807) is 12.1 Å². The molecule has 0 bridgehead atoms. The molecule has 1 aliphatic rings. The quantitative estimate of drug-likeness (QED) is 0.404. The van der Waals surface area contributed by atoms with Crippen LogP contribution in [0.15, 0.2) is 30.3 Å². The van der Waals surface area contributed by atoms with Crippen molar-refractivity contribution in [3.63, 3.8) is 0 Å². The van der Waals surface area contributed by atoms with Crippen molar-refractivity contribution in [2.24, 2.45) is 0 Å². The highest BCUT2D eigenvalue weighted by molar-refractivity contribution is 5.87. The Bertz CT molecular complexity index is 946. The molecule has 0 saturated carbocycles. The lowest BCUT2D eigenvalue weighted by atomic mass is 10.0. The van der Waals surface area contributed by atoms with Gasteiger partial charge in [-0.2, -0.15) is 0 Å². The third kappa shape index (κ3) is 2.29. The molecule has 24 heavy (non-hydrogen) atoms. The van der Waals surface area contributed by atoms with Crippen LogP contribution in [-0.2, 0) is 13.0 Å². The first kappa shape index (κ1) is 15.2. The van der Waals surface area contributed by atoms with E-state index in [1.165, 1.54) is 6.07 Å². The molecule has 0 saturated heterocycles. The maximum atomic E-state index is 14.0. The van der Waals surface area contributed by atoms with Gasteiger partial charge in [0.25, 0.3) is 0 Å². The Morgan fingerprint density at radius 1 is 0.875 bits per heavy atom. The Balaban J connectivity index is 1.89. The molecule has 3 aromatic rings. The van der Waals surface area contributed by atoms with E-state index in [-0.39, 0.29) is 5.56 Å². The molecular weight excluding hydrogens is 320 g/mol. The van der Waals surface area contributed by atoms with E-state index < -0.39 is 28.8 Å². The predicted octanol–water partition coefficient (Wildman–Crippen LogP) is 4.01. The van der Waals surface area contributed by atoms with Crippen molar-refractivity contribution < 1.29 is 17.6 Å². The summed E-state index contributed by atoms with van der Waals surface area (Å²) in [7, 11) is 0. The van der Waals surface area contributed by atoms with E-state index in [0.717, 1.165) is 42.7 Å². The molecule has 0 fully saturated rings. The van der Waals surface area contributed by atoms with E-state index >= 15 is 0 Å². The third-order valence-electron chi connectivity index (χ3n) is 4.46. The number of aromatic nitrogens is 1. The number of halogens is 4. The lowest BCUT2D eigenvalue weighted by Gasteiger charge is -2.09. The second kappa shape index (κ2) is 5.63. The van der Waals surface area contributed by atoms with Gasteiger partial charge in [0.2, 0.25) is 0 Å². The van der Waals surface area contributed by atoms with E-state index in [0.29, 0.717) is 6.07 Å². The molecule has 0 spiro atoms. The fraction of sp³-hybridized carbons (Fsp3) is 0.222. The zero-order chi connectivity index (χ0) is 16.8. The summed E-state index contributed by atoms with van der Waals surface area (Å²) < 4.78 is 56.8. The minimum absolute atomic E-state index is 0.190. The maximum Gasteiger partial charge on any atom is 0.195 e. The van der Waals surface area contributed by atoms with Crippen molar-refractivity contribution in [2.75, 3.05) is 13.1 Å². The molecule has 0 aliphatic carbocycles. The van der Waals surface area contributed by atoms with Crippen molar-refractivity contribution in [3.05, 3.63) is 59.3 Å². The lowest BCUT2D eigenvalue weighted by Crippen LogP contribution is -2.17. The number of benzene rings is 2. The van der Waals surface area contributed by atoms with Crippen LogP contribution in [0.25, 0.3) is 22.0 Å². The smallest absolute Gasteiger partial charge is 0.195 e. The van der Waals surface area contributed by atoms with Gasteiger partial charge >= 0.3 is 0 Å². The Morgan fingerprint density at radius 3 is 2.54 bits per heavy atom. The number of rotatable bonds is 1. The first-order valence-electron chi connectivity index (χ1n) is 7.72. The van der Waals surface area contributed by atoms with Crippen molar-refractivity contribution in [3.8, 4) is 11.1 Å². The predicted molar refractivity (Wildman–Crippen MR) is 83.8 cm³/mol. The SMILES string of the molecule is Fc1cc(F)c(-c2ccc3c(c2)cc2n3CCNCC2)c(F)c1F. The van der Waals surface area contributed by atoms with Crippen molar-refractivity contribution in [2.45, 2.75) is 13.0 Å². The van der Waals surface area contributed by atoms with Crippen molar-refractivity contribution >= 4 is 10.9 Å². The molecule has 0 amide bonds. The number of fused-ring (bicyclic) bond motifs is 3. The van der Waals surface area contributed by atoms with Gasteiger partial charge in [-0.15, -0.1) is 0 Å². The van der Waals surface area contributed by atoms with Gasteiger partial charge in [0.15, 0.2) is 17.5 Å². The van der Waals surface area contributed by atoms with Gasteiger partial charge in [0.1, 0.15) is 5.82 Å². The Morgan fingerprint density at radius 2 is 1.71 bits per heavy atom. The fourth-order valence-electron chi connectivity index (χ4n) is 3.32. The molecule has 2 aromatic carbocycles. The van der Waals surface area contributed by atoms with Crippen LogP contribution in [-0.4, -0.2) is 17.7 Å². The lowest BCUT2D eigenvalue weighted by molar-refractivity contribution is 0.437. The topological polar surface area (TPSA) is 17.0 Å². The van der Waals surface area contributed by atoms with Crippen LogP contribution in [0.4, 0.5) is 17.6 Å². The Labute approximate surface area is 135 Å². The van der Waals surface area contributed by atoms with E-state index in [4.69, 9.17) is 0 Å². The normalized spacial score (nSPS) is 14.7. The molecule has 1 aromatic heterocycles. The molecule has 4 rings (SSSR count). The van der Waals surface area contributed by atoms with Crippen LogP contribution in [0.1, 0.15) is 5.69 Å². The van der Waals surface area contributed by atoms with Crippen LogP contribution in [0, 0.1) is 23.3 Å². The standard InChI is InChI=1S/C18H14F4N2/c19-13-9-14(20)17(21)18(22)16(13)10-1-2-15-11(7-10)8-12-3-4-23-5-6-24(12)15/h1-2,7-9,23H,3-6H2. The fourth-order valence-corrected chi connectivity index (χ4v) is 3.32. The Hall–Kier alpha value is -2.34. The van der Waals surface area contributed by atoms with Gasteiger partial charge in [-0.1, -0.05) is 6.07 Å². The minimum atomic E-state index is -1.66. The summed E-state index contributed by atoms with van der Waals surface area (Å²) in [4.78, 5) is 0. The maximum absolute atomic E-state index is 14.0. The summed E-state index contributed by atoms with van der Waals surface area (Å²) in [5, 5.41) is 4.14. The van der Waals surface area contributed by atoms with E-state index in [9.17, 15) is 17.6 Å². The van der Waals surface area contributed by atoms with Gasteiger partial charge in [0.05, 0.1) is 5.56 Å². The first-order valence-corrected chi connectivity index (χ1v) is 7.72. The summed E-state index contributed by atoms with van der Waals surface area (Å²) >= 11 is 0. The second-order valence-electron chi connectivity index (χ2n) is 5.90. The summed E-state index contributed by atoms with van der Waals surface area (Å²) in [6.45, 7) is 2.53. The summed E-state index contributed by atoms with van der Waals surface area (Å²) in [6.07, 6.45) is 0.859.